The lowest BCUT2D eigenvalue weighted by Crippen LogP contribution is -2.61. The highest BCUT2D eigenvalue weighted by Gasteiger charge is 2.35. The number of benzene rings is 1. The Morgan fingerprint density at radius 3 is 2.48 bits per heavy atom. The van der Waals surface area contributed by atoms with E-state index in [0.717, 1.165) is 43.4 Å². The lowest BCUT2D eigenvalue weighted by atomic mass is 10.0. The molecule has 0 bridgehead atoms. The number of guanidine groups is 1. The van der Waals surface area contributed by atoms with Gasteiger partial charge in [0.25, 0.3) is 0 Å². The van der Waals surface area contributed by atoms with Gasteiger partial charge in [0.05, 0.1) is 17.8 Å². The number of hydrogen-bond acceptors (Lipinski definition) is 5. The Hall–Kier alpha value is -2.87. The van der Waals surface area contributed by atoms with Gasteiger partial charge in [0, 0.05) is 38.8 Å². The van der Waals surface area contributed by atoms with Gasteiger partial charge in [0.1, 0.15) is 6.26 Å². The number of aliphatic imine (C=N–C) groups is 1. The molecule has 1 amide bonds. The number of carbonyl (C=O) groups excluding carboxylic acids is 1. The Balaban J connectivity index is 1.55. The van der Waals surface area contributed by atoms with Gasteiger partial charge in [-0.3, -0.25) is 14.7 Å². The Labute approximate surface area is 171 Å². The highest BCUT2D eigenvalue weighted by Crippen LogP contribution is 2.19. The average molecular weight is 399 g/mol. The van der Waals surface area contributed by atoms with E-state index in [9.17, 15) is 4.79 Å². The molecule has 156 valence electrons. The molecule has 3 N–H and O–H groups in total. The molecule has 1 aliphatic rings. The van der Waals surface area contributed by atoms with Crippen LogP contribution in [-0.2, 0) is 11.3 Å². The molecule has 8 nitrogen and oxygen atoms in total. The van der Waals surface area contributed by atoms with Crippen molar-refractivity contribution in [2.24, 2.45) is 10.7 Å². The number of rotatable bonds is 5. The second-order valence-corrected chi connectivity index (χ2v) is 7.81. The predicted octanol–water partition coefficient (Wildman–Crippen LogP) is 1.61. The summed E-state index contributed by atoms with van der Waals surface area (Å²) >= 11 is 0. The lowest BCUT2D eigenvalue weighted by molar-refractivity contribution is -0.129. The summed E-state index contributed by atoms with van der Waals surface area (Å²) in [4.78, 5) is 24.9. The first-order valence-electron chi connectivity index (χ1n) is 9.83. The molecule has 8 heteroatoms. The zero-order chi connectivity index (χ0) is 21.0. The maximum absolute atomic E-state index is 11.7. The van der Waals surface area contributed by atoms with Gasteiger partial charge >= 0.3 is 0 Å². The lowest BCUT2D eigenvalue weighted by Gasteiger charge is -2.43. The first-order chi connectivity index (χ1) is 13.8. The number of nitrogens with two attached hydrogens (primary N) is 1. The molecule has 0 radical (unpaired) electrons. The Kier molecular flexibility index (Phi) is 6.22. The minimum atomic E-state index is -0.643. The van der Waals surface area contributed by atoms with Crippen LogP contribution in [0.3, 0.4) is 0 Å². The third-order valence-corrected chi connectivity index (χ3v) is 5.46. The van der Waals surface area contributed by atoms with Crippen molar-refractivity contribution in [2.45, 2.75) is 32.9 Å². The number of oxazole rings is 1. The van der Waals surface area contributed by atoms with Crippen LogP contribution in [0.2, 0.25) is 0 Å². The summed E-state index contributed by atoms with van der Waals surface area (Å²) in [5.74, 6) is 1.12. The van der Waals surface area contributed by atoms with Crippen molar-refractivity contribution in [3.63, 3.8) is 0 Å². The van der Waals surface area contributed by atoms with Crippen LogP contribution in [0.25, 0.3) is 11.5 Å². The number of aromatic nitrogens is 1. The minimum absolute atomic E-state index is 0.302. The maximum atomic E-state index is 11.7. The molecule has 1 aliphatic heterocycles. The number of aryl methyl sites for hydroxylation is 1. The first kappa shape index (κ1) is 20.9. The quantitative estimate of drug-likeness (QED) is 0.586. The molecular weight excluding hydrogens is 368 g/mol. The molecule has 0 aliphatic carbocycles. The van der Waals surface area contributed by atoms with Crippen LogP contribution >= 0.6 is 0 Å². The third-order valence-electron chi connectivity index (χ3n) is 5.46. The number of nitrogens with zero attached hydrogens (tertiary/aromatic N) is 4. The molecular formula is C21H30N6O2. The fraction of sp³-hybridized carbons (Fsp3) is 0.476. The second-order valence-electron chi connectivity index (χ2n) is 7.81. The first-order valence-corrected chi connectivity index (χ1v) is 9.83. The van der Waals surface area contributed by atoms with Gasteiger partial charge in [-0.2, -0.15) is 0 Å². The molecule has 0 unspecified atom stereocenters. The second kappa shape index (κ2) is 8.65. The summed E-state index contributed by atoms with van der Waals surface area (Å²) in [6.07, 6.45) is 1.67. The number of amides is 1. The average Bonchev–Trinajstić information content (AvgIpc) is 3.18. The van der Waals surface area contributed by atoms with Gasteiger partial charge in [-0.05, 0) is 32.9 Å². The SMILES string of the molecule is CN=C(NCc1coc(-c2ccc(C)cc2)n1)N1CCN(C(C)(C)C(N)=O)CC1. The Morgan fingerprint density at radius 1 is 1.24 bits per heavy atom. The van der Waals surface area contributed by atoms with Crippen LogP contribution in [0.4, 0.5) is 0 Å². The maximum Gasteiger partial charge on any atom is 0.237 e. The van der Waals surface area contributed by atoms with Crippen molar-refractivity contribution in [3.8, 4) is 11.5 Å². The van der Waals surface area contributed by atoms with Gasteiger partial charge in [0.2, 0.25) is 11.8 Å². The van der Waals surface area contributed by atoms with E-state index >= 15 is 0 Å². The van der Waals surface area contributed by atoms with Crippen LogP contribution in [0.15, 0.2) is 39.9 Å². The summed E-state index contributed by atoms with van der Waals surface area (Å²) in [6, 6.07) is 8.09. The summed E-state index contributed by atoms with van der Waals surface area (Å²) in [6.45, 7) is 9.34. The van der Waals surface area contributed by atoms with E-state index < -0.39 is 5.54 Å². The van der Waals surface area contributed by atoms with Crippen molar-refractivity contribution in [1.82, 2.24) is 20.1 Å². The normalized spacial score (nSPS) is 16.1. The number of carbonyl (C=O) groups is 1. The highest BCUT2D eigenvalue weighted by molar-refractivity contribution is 5.84. The fourth-order valence-corrected chi connectivity index (χ4v) is 3.35. The highest BCUT2D eigenvalue weighted by atomic mass is 16.3. The van der Waals surface area contributed by atoms with Crippen LogP contribution in [0.1, 0.15) is 25.1 Å². The molecule has 29 heavy (non-hydrogen) atoms. The molecule has 1 aromatic heterocycles. The Morgan fingerprint density at radius 2 is 1.90 bits per heavy atom. The van der Waals surface area contributed by atoms with E-state index in [1.807, 2.05) is 38.1 Å². The van der Waals surface area contributed by atoms with Gasteiger partial charge in [-0.1, -0.05) is 17.7 Å². The monoisotopic (exact) mass is 398 g/mol. The van der Waals surface area contributed by atoms with Crippen LogP contribution in [-0.4, -0.2) is 65.4 Å². The smallest absolute Gasteiger partial charge is 0.237 e. The predicted molar refractivity (Wildman–Crippen MR) is 113 cm³/mol. The summed E-state index contributed by atoms with van der Waals surface area (Å²) < 4.78 is 5.62. The number of nitrogens with one attached hydrogen (secondary N) is 1. The third kappa shape index (κ3) is 4.76. The summed E-state index contributed by atoms with van der Waals surface area (Å²) in [5.41, 5.74) is 7.87. The summed E-state index contributed by atoms with van der Waals surface area (Å²) in [5, 5.41) is 3.35. The van der Waals surface area contributed by atoms with E-state index in [4.69, 9.17) is 10.2 Å². The largest absolute Gasteiger partial charge is 0.444 e. The molecule has 1 saturated heterocycles. The van der Waals surface area contributed by atoms with Gasteiger partial charge in [-0.15, -0.1) is 0 Å². The van der Waals surface area contributed by atoms with Crippen molar-refractivity contribution in [2.75, 3.05) is 33.2 Å². The molecule has 2 aromatic rings. The van der Waals surface area contributed by atoms with Crippen LogP contribution < -0.4 is 11.1 Å². The van der Waals surface area contributed by atoms with Crippen LogP contribution in [0, 0.1) is 6.92 Å². The van der Waals surface area contributed by atoms with E-state index in [1.54, 1.807) is 13.3 Å². The summed E-state index contributed by atoms with van der Waals surface area (Å²) in [7, 11) is 1.77. The van der Waals surface area contributed by atoms with E-state index in [1.165, 1.54) is 5.56 Å². The molecule has 0 spiro atoms. The number of primary amides is 1. The van der Waals surface area contributed by atoms with Crippen molar-refractivity contribution in [3.05, 3.63) is 41.8 Å². The number of piperazine rings is 1. The minimum Gasteiger partial charge on any atom is -0.444 e. The topological polar surface area (TPSA) is 100.0 Å². The van der Waals surface area contributed by atoms with Crippen molar-refractivity contribution in [1.29, 1.82) is 0 Å². The van der Waals surface area contributed by atoms with Crippen molar-refractivity contribution < 1.29 is 9.21 Å². The molecule has 0 atom stereocenters. The zero-order valence-corrected chi connectivity index (χ0v) is 17.6. The Bertz CT molecular complexity index is 864. The molecule has 1 aromatic carbocycles. The molecule has 1 fully saturated rings. The fourth-order valence-electron chi connectivity index (χ4n) is 3.35. The van der Waals surface area contributed by atoms with Crippen molar-refractivity contribution >= 4 is 11.9 Å². The van der Waals surface area contributed by atoms with Gasteiger partial charge in [0.15, 0.2) is 5.96 Å². The number of hydrogen-bond donors (Lipinski definition) is 2. The van der Waals surface area contributed by atoms with Gasteiger partial charge in [-0.25, -0.2) is 4.98 Å². The molecule has 3 rings (SSSR count). The van der Waals surface area contributed by atoms with Gasteiger partial charge < -0.3 is 20.4 Å². The van der Waals surface area contributed by atoms with E-state index in [2.05, 4.69) is 32.0 Å². The molecule has 2 heterocycles. The molecule has 0 saturated carbocycles. The van der Waals surface area contributed by atoms with E-state index in [-0.39, 0.29) is 5.91 Å². The zero-order valence-electron chi connectivity index (χ0n) is 17.6. The standard InChI is InChI=1S/C21H30N6O2/c1-15-5-7-16(8-6-15)18-25-17(14-29-18)13-24-20(23-4)26-9-11-27(12-10-26)21(2,3)19(22)28/h5-8,14H,9-13H2,1-4H3,(H2,22,28)(H,23,24). The van der Waals surface area contributed by atoms with E-state index in [0.29, 0.717) is 12.4 Å². The van der Waals surface area contributed by atoms with Crippen LogP contribution in [0.5, 0.6) is 0 Å².